The number of hydrogen-bond donors (Lipinski definition) is 1. The molecular formula is C12H17N. The van der Waals surface area contributed by atoms with E-state index in [4.69, 9.17) is 0 Å². The van der Waals surface area contributed by atoms with Crippen LogP contribution >= 0.6 is 0 Å². The topological polar surface area (TPSA) is 12.0 Å². The van der Waals surface area contributed by atoms with Gasteiger partial charge in [-0.1, -0.05) is 37.3 Å². The lowest BCUT2D eigenvalue weighted by molar-refractivity contribution is 0.454. The molecule has 1 fully saturated rings. The fourth-order valence-electron chi connectivity index (χ4n) is 2.29. The second-order valence-corrected chi connectivity index (χ2v) is 3.93. The minimum Gasteiger partial charge on any atom is -0.316 e. The molecule has 1 heterocycles. The van der Waals surface area contributed by atoms with Crippen LogP contribution in [-0.4, -0.2) is 13.1 Å². The molecule has 1 aliphatic rings. The zero-order chi connectivity index (χ0) is 9.15. The van der Waals surface area contributed by atoms with E-state index in [0.29, 0.717) is 5.41 Å². The van der Waals surface area contributed by atoms with E-state index in [1.165, 1.54) is 24.9 Å². The fourth-order valence-corrected chi connectivity index (χ4v) is 2.29. The molecule has 0 spiro atoms. The number of nitrogens with one attached hydrogen (secondary N) is 1. The summed E-state index contributed by atoms with van der Waals surface area (Å²) in [7, 11) is 0. The Labute approximate surface area is 80.2 Å². The van der Waals surface area contributed by atoms with E-state index in [2.05, 4.69) is 42.6 Å². The SMILES string of the molecule is CC[C@@]1(c2ccccc2)CCNC1. The lowest BCUT2D eigenvalue weighted by atomic mass is 9.77. The molecular weight excluding hydrogens is 158 g/mol. The molecule has 0 amide bonds. The first-order chi connectivity index (χ1) is 6.37. The maximum atomic E-state index is 3.46. The van der Waals surface area contributed by atoms with E-state index >= 15 is 0 Å². The van der Waals surface area contributed by atoms with Gasteiger partial charge >= 0.3 is 0 Å². The van der Waals surface area contributed by atoms with Crippen LogP contribution in [0, 0.1) is 0 Å². The Kier molecular flexibility index (Phi) is 2.36. The van der Waals surface area contributed by atoms with Gasteiger partial charge in [-0.3, -0.25) is 0 Å². The van der Waals surface area contributed by atoms with Crippen molar-refractivity contribution >= 4 is 0 Å². The maximum absolute atomic E-state index is 3.46. The molecule has 0 aliphatic carbocycles. The molecule has 1 atom stereocenters. The summed E-state index contributed by atoms with van der Waals surface area (Å²) in [6.07, 6.45) is 2.53. The molecule has 0 unspecified atom stereocenters. The van der Waals surface area contributed by atoms with Crippen molar-refractivity contribution in [2.45, 2.75) is 25.2 Å². The fraction of sp³-hybridized carbons (Fsp3) is 0.500. The van der Waals surface area contributed by atoms with Crippen molar-refractivity contribution in [3.05, 3.63) is 35.9 Å². The van der Waals surface area contributed by atoms with Crippen molar-refractivity contribution in [3.63, 3.8) is 0 Å². The van der Waals surface area contributed by atoms with Crippen molar-refractivity contribution in [1.29, 1.82) is 0 Å². The van der Waals surface area contributed by atoms with Crippen molar-refractivity contribution in [3.8, 4) is 0 Å². The van der Waals surface area contributed by atoms with Gasteiger partial charge in [-0.15, -0.1) is 0 Å². The van der Waals surface area contributed by atoms with Crippen LogP contribution < -0.4 is 5.32 Å². The second kappa shape index (κ2) is 3.51. The highest BCUT2D eigenvalue weighted by Gasteiger charge is 2.33. The quantitative estimate of drug-likeness (QED) is 0.727. The van der Waals surface area contributed by atoms with Gasteiger partial charge in [0.1, 0.15) is 0 Å². The molecule has 1 saturated heterocycles. The standard InChI is InChI=1S/C12H17N/c1-2-12(8-9-13-10-12)11-6-4-3-5-7-11/h3-7,13H,2,8-10H2,1H3/t12-/m1/s1. The summed E-state index contributed by atoms with van der Waals surface area (Å²) in [5, 5.41) is 3.46. The van der Waals surface area contributed by atoms with E-state index in [-0.39, 0.29) is 0 Å². The largest absolute Gasteiger partial charge is 0.316 e. The summed E-state index contributed by atoms with van der Waals surface area (Å²) in [5.41, 5.74) is 1.92. The zero-order valence-electron chi connectivity index (χ0n) is 8.22. The van der Waals surface area contributed by atoms with Crippen LogP contribution in [0.3, 0.4) is 0 Å². The van der Waals surface area contributed by atoms with Crippen LogP contribution in [0.2, 0.25) is 0 Å². The van der Waals surface area contributed by atoms with Gasteiger partial charge in [0.2, 0.25) is 0 Å². The average Bonchev–Trinajstić information content (AvgIpc) is 2.69. The van der Waals surface area contributed by atoms with E-state index in [1.807, 2.05) is 0 Å². The smallest absolute Gasteiger partial charge is 0.00872 e. The van der Waals surface area contributed by atoms with Crippen molar-refractivity contribution in [2.24, 2.45) is 0 Å². The van der Waals surface area contributed by atoms with Gasteiger partial charge in [-0.2, -0.15) is 0 Å². The molecule has 0 bridgehead atoms. The Morgan fingerprint density at radius 3 is 2.62 bits per heavy atom. The number of benzene rings is 1. The van der Waals surface area contributed by atoms with E-state index in [1.54, 1.807) is 0 Å². The van der Waals surface area contributed by atoms with Crippen LogP contribution in [0.4, 0.5) is 0 Å². The predicted octanol–water partition coefficient (Wildman–Crippen LogP) is 2.33. The third-order valence-electron chi connectivity index (χ3n) is 3.31. The molecule has 1 aliphatic heterocycles. The highest BCUT2D eigenvalue weighted by atomic mass is 14.9. The molecule has 13 heavy (non-hydrogen) atoms. The summed E-state index contributed by atoms with van der Waals surface area (Å²) < 4.78 is 0. The first kappa shape index (κ1) is 8.76. The van der Waals surface area contributed by atoms with Gasteiger partial charge in [-0.05, 0) is 24.9 Å². The Bertz CT molecular complexity index is 260. The number of rotatable bonds is 2. The van der Waals surface area contributed by atoms with E-state index < -0.39 is 0 Å². The Hall–Kier alpha value is -0.820. The molecule has 0 saturated carbocycles. The zero-order valence-corrected chi connectivity index (χ0v) is 8.22. The minimum atomic E-state index is 0.418. The Morgan fingerprint density at radius 1 is 1.31 bits per heavy atom. The van der Waals surface area contributed by atoms with Gasteiger partial charge in [0, 0.05) is 12.0 Å². The minimum absolute atomic E-state index is 0.418. The van der Waals surface area contributed by atoms with Crippen LogP contribution in [0.15, 0.2) is 30.3 Å². The van der Waals surface area contributed by atoms with Gasteiger partial charge < -0.3 is 5.32 Å². The molecule has 1 aromatic rings. The van der Waals surface area contributed by atoms with Crippen LogP contribution in [0.1, 0.15) is 25.3 Å². The average molecular weight is 175 g/mol. The van der Waals surface area contributed by atoms with Crippen LogP contribution in [0.25, 0.3) is 0 Å². The Balaban J connectivity index is 2.31. The highest BCUT2D eigenvalue weighted by molar-refractivity contribution is 5.27. The molecule has 70 valence electrons. The van der Waals surface area contributed by atoms with Crippen molar-refractivity contribution < 1.29 is 0 Å². The summed E-state index contributed by atoms with van der Waals surface area (Å²) in [6.45, 7) is 4.61. The molecule has 1 N–H and O–H groups in total. The number of hydrogen-bond acceptors (Lipinski definition) is 1. The van der Waals surface area contributed by atoms with Crippen LogP contribution in [0.5, 0.6) is 0 Å². The van der Waals surface area contributed by atoms with Crippen LogP contribution in [-0.2, 0) is 5.41 Å². The van der Waals surface area contributed by atoms with Crippen molar-refractivity contribution in [1.82, 2.24) is 5.32 Å². The Morgan fingerprint density at radius 2 is 2.08 bits per heavy atom. The first-order valence-electron chi connectivity index (χ1n) is 5.14. The lowest BCUT2D eigenvalue weighted by Gasteiger charge is -2.27. The summed E-state index contributed by atoms with van der Waals surface area (Å²) in [6, 6.07) is 10.9. The molecule has 1 aromatic carbocycles. The monoisotopic (exact) mass is 175 g/mol. The van der Waals surface area contributed by atoms with E-state index in [0.717, 1.165) is 6.54 Å². The molecule has 0 radical (unpaired) electrons. The summed E-state index contributed by atoms with van der Waals surface area (Å²) in [4.78, 5) is 0. The molecule has 1 nitrogen and oxygen atoms in total. The molecule has 0 aromatic heterocycles. The summed E-state index contributed by atoms with van der Waals surface area (Å²) >= 11 is 0. The van der Waals surface area contributed by atoms with E-state index in [9.17, 15) is 0 Å². The first-order valence-corrected chi connectivity index (χ1v) is 5.14. The van der Waals surface area contributed by atoms with Gasteiger partial charge in [0.25, 0.3) is 0 Å². The van der Waals surface area contributed by atoms with Gasteiger partial charge in [-0.25, -0.2) is 0 Å². The normalized spacial score (nSPS) is 27.8. The van der Waals surface area contributed by atoms with Gasteiger partial charge in [0.05, 0.1) is 0 Å². The highest BCUT2D eigenvalue weighted by Crippen LogP contribution is 2.33. The lowest BCUT2D eigenvalue weighted by Crippen LogP contribution is -2.27. The van der Waals surface area contributed by atoms with Gasteiger partial charge in [0.15, 0.2) is 0 Å². The molecule has 1 heteroatoms. The molecule has 2 rings (SSSR count). The predicted molar refractivity (Wildman–Crippen MR) is 55.9 cm³/mol. The summed E-state index contributed by atoms with van der Waals surface area (Å²) in [5.74, 6) is 0. The maximum Gasteiger partial charge on any atom is 0.00872 e. The second-order valence-electron chi connectivity index (χ2n) is 3.93. The third kappa shape index (κ3) is 1.49. The van der Waals surface area contributed by atoms with Crippen molar-refractivity contribution in [2.75, 3.05) is 13.1 Å². The third-order valence-corrected chi connectivity index (χ3v) is 3.31.